The summed E-state index contributed by atoms with van der Waals surface area (Å²) < 4.78 is 0. The van der Waals surface area contributed by atoms with Gasteiger partial charge in [0.05, 0.1) is 5.56 Å². The third-order valence-corrected chi connectivity index (χ3v) is 2.27. The Morgan fingerprint density at radius 2 is 2.23 bits per heavy atom. The number of hydrogen-bond acceptors (Lipinski definition) is 1. The molecule has 0 heterocycles. The molecule has 0 aromatic heterocycles. The van der Waals surface area contributed by atoms with Crippen molar-refractivity contribution in [3.63, 3.8) is 0 Å². The molecule has 0 unspecified atom stereocenters. The zero-order valence-electron chi connectivity index (χ0n) is 7.16. The first-order valence-electron chi connectivity index (χ1n) is 4.30. The minimum Gasteiger partial charge on any atom is -0.478 e. The highest BCUT2D eigenvalue weighted by Gasteiger charge is 2.08. The van der Waals surface area contributed by atoms with Gasteiger partial charge in [-0.1, -0.05) is 18.2 Å². The number of allylic oxidation sites excluding steroid dienone is 1. The van der Waals surface area contributed by atoms with E-state index in [1.54, 1.807) is 12.1 Å². The van der Waals surface area contributed by atoms with Gasteiger partial charge < -0.3 is 5.11 Å². The lowest BCUT2D eigenvalue weighted by molar-refractivity contribution is 0.0697. The van der Waals surface area contributed by atoms with Crippen molar-refractivity contribution in [3.8, 4) is 0 Å². The van der Waals surface area contributed by atoms with Gasteiger partial charge in [-0.3, -0.25) is 0 Å². The van der Waals surface area contributed by atoms with Crippen molar-refractivity contribution in [2.75, 3.05) is 0 Å². The molecule has 1 aliphatic carbocycles. The number of carboxylic acid groups (broad SMARTS) is 1. The van der Waals surface area contributed by atoms with Crippen LogP contribution in [-0.4, -0.2) is 11.1 Å². The number of rotatable bonds is 1. The molecule has 0 fully saturated rings. The van der Waals surface area contributed by atoms with E-state index in [2.05, 4.69) is 6.08 Å². The molecule has 0 radical (unpaired) electrons. The van der Waals surface area contributed by atoms with Crippen LogP contribution >= 0.6 is 0 Å². The molecule has 1 aromatic carbocycles. The maximum absolute atomic E-state index is 10.7. The van der Waals surface area contributed by atoms with E-state index in [4.69, 9.17) is 5.11 Å². The van der Waals surface area contributed by atoms with Crippen LogP contribution in [0.25, 0.3) is 6.08 Å². The molecule has 13 heavy (non-hydrogen) atoms. The number of aromatic carboxylic acids is 1. The third kappa shape index (κ3) is 1.47. The molecule has 0 saturated heterocycles. The van der Waals surface area contributed by atoms with Crippen LogP contribution in [0.5, 0.6) is 0 Å². The number of hydrogen-bond donors (Lipinski definition) is 1. The van der Waals surface area contributed by atoms with Crippen LogP contribution in [0.4, 0.5) is 0 Å². The van der Waals surface area contributed by atoms with E-state index < -0.39 is 5.97 Å². The molecule has 2 nitrogen and oxygen atoms in total. The Morgan fingerprint density at radius 3 is 3.00 bits per heavy atom. The van der Waals surface area contributed by atoms with E-state index >= 15 is 0 Å². The fraction of sp³-hybridized carbons (Fsp3) is 0.182. The second-order valence-electron chi connectivity index (χ2n) is 3.16. The van der Waals surface area contributed by atoms with Gasteiger partial charge in [0.15, 0.2) is 0 Å². The first kappa shape index (κ1) is 8.05. The van der Waals surface area contributed by atoms with Crippen molar-refractivity contribution in [1.29, 1.82) is 0 Å². The highest BCUT2D eigenvalue weighted by molar-refractivity contribution is 5.88. The number of benzene rings is 1. The fourth-order valence-electron chi connectivity index (χ4n) is 1.56. The summed E-state index contributed by atoms with van der Waals surface area (Å²) >= 11 is 0. The van der Waals surface area contributed by atoms with Gasteiger partial charge in [-0.2, -0.15) is 0 Å². The van der Waals surface area contributed by atoms with Gasteiger partial charge in [0.25, 0.3) is 0 Å². The van der Waals surface area contributed by atoms with Crippen molar-refractivity contribution in [2.24, 2.45) is 0 Å². The predicted octanol–water partition coefficient (Wildman–Crippen LogP) is 2.34. The molecule has 0 atom stereocenters. The van der Waals surface area contributed by atoms with Crippen LogP contribution in [-0.2, 0) is 6.42 Å². The van der Waals surface area contributed by atoms with Gasteiger partial charge in [-0.05, 0) is 36.1 Å². The van der Waals surface area contributed by atoms with Crippen LogP contribution in [0.3, 0.4) is 0 Å². The molecule has 0 spiro atoms. The highest BCUT2D eigenvalue weighted by Crippen LogP contribution is 2.20. The van der Waals surface area contributed by atoms with E-state index in [0.717, 1.165) is 18.4 Å². The number of fused-ring (bicyclic) bond motifs is 1. The maximum atomic E-state index is 10.7. The Labute approximate surface area is 76.5 Å². The standard InChI is InChI=1S/C11H10O2/c12-11(13)10-6-5-8-3-1-2-4-9(8)7-10/h2,4-7H,1,3H2,(H,12,13). The lowest BCUT2D eigenvalue weighted by atomic mass is 9.96. The monoisotopic (exact) mass is 174 g/mol. The molecule has 2 heteroatoms. The molecule has 1 N–H and O–H groups in total. The van der Waals surface area contributed by atoms with Crippen LogP contribution in [0, 0.1) is 0 Å². The zero-order chi connectivity index (χ0) is 9.26. The Balaban J connectivity index is 2.48. The molecule has 2 rings (SSSR count). The molecule has 1 aliphatic rings. The van der Waals surface area contributed by atoms with Gasteiger partial charge in [-0.25, -0.2) is 4.79 Å². The van der Waals surface area contributed by atoms with E-state index in [0.29, 0.717) is 5.56 Å². The van der Waals surface area contributed by atoms with Gasteiger partial charge in [0, 0.05) is 0 Å². The Bertz CT molecular complexity index is 378. The lowest BCUT2D eigenvalue weighted by Gasteiger charge is -2.10. The topological polar surface area (TPSA) is 37.3 Å². The van der Waals surface area contributed by atoms with Crippen LogP contribution in [0.1, 0.15) is 27.9 Å². The Morgan fingerprint density at radius 1 is 1.38 bits per heavy atom. The minimum absolute atomic E-state index is 0.366. The minimum atomic E-state index is -0.859. The van der Waals surface area contributed by atoms with Crippen molar-refractivity contribution in [2.45, 2.75) is 12.8 Å². The summed E-state index contributed by atoms with van der Waals surface area (Å²) in [5.41, 5.74) is 2.66. The van der Waals surface area contributed by atoms with Gasteiger partial charge in [-0.15, -0.1) is 0 Å². The van der Waals surface area contributed by atoms with Crippen LogP contribution in [0.15, 0.2) is 24.3 Å². The SMILES string of the molecule is O=C(O)c1ccc2c(c1)C=CCC2. The van der Waals surface area contributed by atoms with Crippen LogP contribution in [0.2, 0.25) is 0 Å². The normalized spacial score (nSPS) is 13.8. The molecule has 0 aliphatic heterocycles. The molecular formula is C11H10O2. The van der Waals surface area contributed by atoms with E-state index in [9.17, 15) is 4.79 Å². The highest BCUT2D eigenvalue weighted by atomic mass is 16.4. The first-order chi connectivity index (χ1) is 6.27. The van der Waals surface area contributed by atoms with E-state index in [1.807, 2.05) is 12.1 Å². The van der Waals surface area contributed by atoms with Crippen molar-refractivity contribution in [3.05, 3.63) is 41.0 Å². The number of carboxylic acids is 1. The molecule has 0 bridgehead atoms. The molecule has 66 valence electrons. The van der Waals surface area contributed by atoms with Crippen molar-refractivity contribution in [1.82, 2.24) is 0 Å². The zero-order valence-corrected chi connectivity index (χ0v) is 7.16. The quantitative estimate of drug-likeness (QED) is 0.709. The molecular weight excluding hydrogens is 164 g/mol. The molecule has 0 saturated carbocycles. The van der Waals surface area contributed by atoms with Crippen molar-refractivity contribution >= 4 is 12.0 Å². The second kappa shape index (κ2) is 3.05. The summed E-state index contributed by atoms with van der Waals surface area (Å²) in [5, 5.41) is 8.76. The third-order valence-electron chi connectivity index (χ3n) is 2.27. The average Bonchev–Trinajstić information content (AvgIpc) is 2.17. The summed E-state index contributed by atoms with van der Waals surface area (Å²) in [6, 6.07) is 5.30. The summed E-state index contributed by atoms with van der Waals surface area (Å²) in [7, 11) is 0. The molecule has 1 aromatic rings. The largest absolute Gasteiger partial charge is 0.478 e. The summed E-state index contributed by atoms with van der Waals surface area (Å²) in [6.07, 6.45) is 6.14. The van der Waals surface area contributed by atoms with Gasteiger partial charge >= 0.3 is 5.97 Å². The lowest BCUT2D eigenvalue weighted by Crippen LogP contribution is -2.00. The van der Waals surface area contributed by atoms with Crippen LogP contribution < -0.4 is 0 Å². The summed E-state index contributed by atoms with van der Waals surface area (Å²) in [4.78, 5) is 10.7. The van der Waals surface area contributed by atoms with Crippen molar-refractivity contribution < 1.29 is 9.90 Å². The average molecular weight is 174 g/mol. The second-order valence-corrected chi connectivity index (χ2v) is 3.16. The summed E-state index contributed by atoms with van der Waals surface area (Å²) in [5.74, 6) is -0.859. The smallest absolute Gasteiger partial charge is 0.335 e. The van der Waals surface area contributed by atoms with E-state index in [1.165, 1.54) is 5.56 Å². The van der Waals surface area contributed by atoms with Gasteiger partial charge in [0.1, 0.15) is 0 Å². The summed E-state index contributed by atoms with van der Waals surface area (Å²) in [6.45, 7) is 0. The fourth-order valence-corrected chi connectivity index (χ4v) is 1.56. The van der Waals surface area contributed by atoms with Gasteiger partial charge in [0.2, 0.25) is 0 Å². The molecule has 0 amide bonds. The maximum Gasteiger partial charge on any atom is 0.335 e. The van der Waals surface area contributed by atoms with E-state index in [-0.39, 0.29) is 0 Å². The number of carbonyl (C=O) groups is 1. The predicted molar refractivity (Wildman–Crippen MR) is 50.8 cm³/mol. The Kier molecular flexibility index (Phi) is 1.89. The first-order valence-corrected chi connectivity index (χ1v) is 4.30. The number of aryl methyl sites for hydroxylation is 1. The Hall–Kier alpha value is -1.57.